The number of carboxylic acids is 1. The molecular weight excluding hydrogens is 416 g/mol. The number of hydrogen-bond acceptors (Lipinski definition) is 7. The number of amides is 4. The van der Waals surface area contributed by atoms with Gasteiger partial charge in [0.15, 0.2) is 0 Å². The number of aromatic nitrogens is 1. The monoisotopic (exact) mass is 438 g/mol. The molecule has 1 aliphatic rings. The maximum Gasteiger partial charge on any atom is 0.325 e. The van der Waals surface area contributed by atoms with Crippen LogP contribution in [0, 0.1) is 0 Å². The lowest BCUT2D eigenvalue weighted by atomic mass is 9.91. The van der Waals surface area contributed by atoms with Crippen molar-refractivity contribution in [3.8, 4) is 0 Å². The molecule has 1 fully saturated rings. The number of pyridine rings is 1. The van der Waals surface area contributed by atoms with Gasteiger partial charge in [0, 0.05) is 12.4 Å². The van der Waals surface area contributed by atoms with Gasteiger partial charge in [-0.15, -0.1) is 0 Å². The van der Waals surface area contributed by atoms with Gasteiger partial charge in [-0.25, -0.2) is 4.79 Å². The van der Waals surface area contributed by atoms with Gasteiger partial charge in [-0.2, -0.15) is 5.10 Å². The van der Waals surface area contributed by atoms with Crippen LogP contribution in [0.2, 0.25) is 0 Å². The first-order valence-corrected chi connectivity index (χ1v) is 9.63. The van der Waals surface area contributed by atoms with E-state index in [4.69, 9.17) is 10.9 Å². The lowest BCUT2D eigenvalue weighted by molar-refractivity contribution is -0.138. The number of imide groups is 1. The van der Waals surface area contributed by atoms with Crippen molar-refractivity contribution in [1.82, 2.24) is 20.5 Å². The second-order valence-electron chi connectivity index (χ2n) is 7.35. The number of hydrazone groups is 1. The molecule has 11 heteroatoms. The fraction of sp³-hybridized carbons (Fsp3) is 0.238. The van der Waals surface area contributed by atoms with Crippen LogP contribution in [0.4, 0.5) is 4.79 Å². The summed E-state index contributed by atoms with van der Waals surface area (Å²) < 4.78 is 0. The largest absolute Gasteiger partial charge is 0.481 e. The molecule has 0 spiro atoms. The molecule has 1 aromatic heterocycles. The van der Waals surface area contributed by atoms with E-state index < -0.39 is 41.9 Å². The fourth-order valence-corrected chi connectivity index (χ4v) is 3.42. The van der Waals surface area contributed by atoms with E-state index in [-0.39, 0.29) is 6.42 Å². The Bertz CT molecular complexity index is 1060. The van der Waals surface area contributed by atoms with Crippen LogP contribution in [0.3, 0.4) is 0 Å². The average molecular weight is 438 g/mol. The molecular formula is C21H22N6O5. The number of nitrogens with one attached hydrogen (secondary N) is 2. The molecule has 0 saturated carbocycles. The number of carbonyl (C=O) groups excluding carboxylic acids is 3. The number of urea groups is 1. The van der Waals surface area contributed by atoms with Gasteiger partial charge in [0.2, 0.25) is 5.91 Å². The van der Waals surface area contributed by atoms with E-state index in [0.717, 1.165) is 4.90 Å². The SMILES string of the molecule is CC1(c2ccc(C=NN)cc2)NC(=O)N(CC(=O)NC(CC(=O)O)c2cccnc2)C1=O. The van der Waals surface area contributed by atoms with Gasteiger partial charge in [-0.1, -0.05) is 30.3 Å². The van der Waals surface area contributed by atoms with Crippen LogP contribution in [0.1, 0.15) is 36.1 Å². The lowest BCUT2D eigenvalue weighted by Crippen LogP contribution is -2.44. The molecule has 1 saturated heterocycles. The van der Waals surface area contributed by atoms with E-state index in [1.807, 2.05) is 0 Å². The third-order valence-corrected chi connectivity index (χ3v) is 5.09. The van der Waals surface area contributed by atoms with Crippen molar-refractivity contribution < 1.29 is 24.3 Å². The number of carbonyl (C=O) groups is 4. The molecule has 1 aliphatic heterocycles. The maximum atomic E-state index is 13.0. The minimum absolute atomic E-state index is 0.381. The zero-order valence-electron chi connectivity index (χ0n) is 17.2. The molecule has 2 heterocycles. The standard InChI is InChI=1S/C21H22N6O5/c1-21(15-6-4-13(5-7-15)10-24-22)19(31)27(20(32)26-21)12-17(28)25-16(9-18(29)30)14-3-2-8-23-11-14/h2-8,10-11,16H,9,12,22H2,1H3,(H,25,28)(H,26,32)(H,29,30). The molecule has 0 aliphatic carbocycles. The molecule has 166 valence electrons. The number of benzene rings is 1. The third kappa shape index (κ3) is 4.72. The zero-order valence-corrected chi connectivity index (χ0v) is 17.2. The highest BCUT2D eigenvalue weighted by atomic mass is 16.4. The highest BCUT2D eigenvalue weighted by Crippen LogP contribution is 2.29. The molecule has 2 atom stereocenters. The Balaban J connectivity index is 1.74. The molecule has 4 amide bonds. The summed E-state index contributed by atoms with van der Waals surface area (Å²) in [7, 11) is 0. The average Bonchev–Trinajstić information content (AvgIpc) is 2.98. The number of hydrogen-bond donors (Lipinski definition) is 4. The predicted octanol–water partition coefficient (Wildman–Crippen LogP) is 0.473. The topological polar surface area (TPSA) is 167 Å². The number of carboxylic acid groups (broad SMARTS) is 1. The Morgan fingerprint density at radius 2 is 2.03 bits per heavy atom. The smallest absolute Gasteiger partial charge is 0.325 e. The third-order valence-electron chi connectivity index (χ3n) is 5.09. The van der Waals surface area contributed by atoms with Crippen LogP contribution < -0.4 is 16.5 Å². The van der Waals surface area contributed by atoms with Gasteiger partial charge >= 0.3 is 12.0 Å². The summed E-state index contributed by atoms with van der Waals surface area (Å²) in [6, 6.07) is 8.35. The van der Waals surface area contributed by atoms with E-state index in [1.165, 1.54) is 18.6 Å². The quantitative estimate of drug-likeness (QED) is 0.201. The molecule has 2 unspecified atom stereocenters. The van der Waals surface area contributed by atoms with Crippen molar-refractivity contribution in [2.75, 3.05) is 6.54 Å². The maximum absolute atomic E-state index is 13.0. The number of rotatable bonds is 8. The van der Waals surface area contributed by atoms with E-state index in [1.54, 1.807) is 43.3 Å². The molecule has 2 aromatic rings. The van der Waals surface area contributed by atoms with Gasteiger partial charge in [-0.3, -0.25) is 24.3 Å². The Hall–Kier alpha value is -4.28. The van der Waals surface area contributed by atoms with Crippen LogP contribution in [0.25, 0.3) is 0 Å². The van der Waals surface area contributed by atoms with Crippen molar-refractivity contribution in [3.63, 3.8) is 0 Å². The van der Waals surface area contributed by atoms with E-state index in [2.05, 4.69) is 20.7 Å². The summed E-state index contributed by atoms with van der Waals surface area (Å²) in [5.74, 6) is 2.73. The van der Waals surface area contributed by atoms with E-state index in [0.29, 0.717) is 16.7 Å². The summed E-state index contributed by atoms with van der Waals surface area (Å²) in [4.78, 5) is 54.0. The summed E-state index contributed by atoms with van der Waals surface area (Å²) in [6.45, 7) is 0.981. The van der Waals surface area contributed by atoms with Gasteiger partial charge in [0.1, 0.15) is 12.1 Å². The molecule has 11 nitrogen and oxygen atoms in total. The van der Waals surface area contributed by atoms with Crippen LogP contribution in [-0.2, 0) is 19.9 Å². The molecule has 0 radical (unpaired) electrons. The number of nitrogens with zero attached hydrogens (tertiary/aromatic N) is 3. The van der Waals surface area contributed by atoms with Gasteiger partial charge < -0.3 is 21.6 Å². The first-order valence-electron chi connectivity index (χ1n) is 9.63. The van der Waals surface area contributed by atoms with E-state index >= 15 is 0 Å². The van der Waals surface area contributed by atoms with Crippen molar-refractivity contribution in [1.29, 1.82) is 0 Å². The second kappa shape index (κ2) is 9.25. The molecule has 32 heavy (non-hydrogen) atoms. The van der Waals surface area contributed by atoms with Gasteiger partial charge in [-0.05, 0) is 29.7 Å². The summed E-state index contributed by atoms with van der Waals surface area (Å²) in [6.07, 6.45) is 4.02. The lowest BCUT2D eigenvalue weighted by Gasteiger charge is -2.23. The summed E-state index contributed by atoms with van der Waals surface area (Å²) >= 11 is 0. The van der Waals surface area contributed by atoms with Crippen LogP contribution in [0.5, 0.6) is 0 Å². The van der Waals surface area contributed by atoms with Crippen molar-refractivity contribution in [2.24, 2.45) is 10.9 Å². The van der Waals surface area contributed by atoms with Crippen LogP contribution >= 0.6 is 0 Å². The minimum Gasteiger partial charge on any atom is -0.481 e. The summed E-state index contributed by atoms with van der Waals surface area (Å²) in [5.41, 5.74) is 0.366. The molecule has 1 aromatic carbocycles. The minimum atomic E-state index is -1.36. The Kier molecular flexibility index (Phi) is 6.47. The Morgan fingerprint density at radius 1 is 1.31 bits per heavy atom. The Labute approximate surface area is 183 Å². The first kappa shape index (κ1) is 22.4. The zero-order chi connectivity index (χ0) is 23.3. The van der Waals surface area contributed by atoms with Crippen molar-refractivity contribution in [2.45, 2.75) is 24.9 Å². The number of nitrogens with two attached hydrogens (primary N) is 1. The molecule has 3 rings (SSSR count). The molecule has 0 bridgehead atoms. The van der Waals surface area contributed by atoms with Gasteiger partial charge in [0.25, 0.3) is 5.91 Å². The predicted molar refractivity (Wildman–Crippen MR) is 113 cm³/mol. The van der Waals surface area contributed by atoms with Crippen molar-refractivity contribution >= 4 is 30.0 Å². The highest BCUT2D eigenvalue weighted by Gasteiger charge is 2.49. The second-order valence-corrected chi connectivity index (χ2v) is 7.35. The first-order chi connectivity index (χ1) is 15.2. The van der Waals surface area contributed by atoms with Crippen molar-refractivity contribution in [3.05, 3.63) is 65.5 Å². The summed E-state index contributed by atoms with van der Waals surface area (Å²) in [5, 5.41) is 17.8. The molecule has 5 N–H and O–H groups in total. The number of aliphatic carboxylic acids is 1. The van der Waals surface area contributed by atoms with Crippen LogP contribution in [-0.4, -0.2) is 51.6 Å². The highest BCUT2D eigenvalue weighted by molar-refractivity contribution is 6.09. The van der Waals surface area contributed by atoms with Gasteiger partial charge in [0.05, 0.1) is 18.7 Å². The Morgan fingerprint density at radius 3 is 2.62 bits per heavy atom. The van der Waals surface area contributed by atoms with E-state index in [9.17, 15) is 19.2 Å². The van der Waals surface area contributed by atoms with Crippen LogP contribution in [0.15, 0.2) is 53.9 Å². The normalized spacial score (nSPS) is 19.1. The fourth-order valence-electron chi connectivity index (χ4n) is 3.42.